The SMILES string of the molecule is O=S(=O)(NNC(=S)Nc1cccc(Cl)c1Cl)c1ccc(F)cc1. The van der Waals surface area contributed by atoms with Crippen LogP contribution in [0.2, 0.25) is 10.0 Å². The lowest BCUT2D eigenvalue weighted by molar-refractivity contribution is 0.577. The molecular weight excluding hydrogens is 384 g/mol. The molecule has 0 atom stereocenters. The molecule has 5 nitrogen and oxygen atoms in total. The van der Waals surface area contributed by atoms with Crippen molar-refractivity contribution < 1.29 is 12.8 Å². The van der Waals surface area contributed by atoms with E-state index in [4.69, 9.17) is 35.4 Å². The monoisotopic (exact) mass is 393 g/mol. The number of benzene rings is 2. The zero-order valence-electron chi connectivity index (χ0n) is 11.3. The third-order valence-corrected chi connectivity index (χ3v) is 4.91. The van der Waals surface area contributed by atoms with Gasteiger partial charge in [-0.3, -0.25) is 5.43 Å². The van der Waals surface area contributed by atoms with E-state index >= 15 is 0 Å². The van der Waals surface area contributed by atoms with Gasteiger partial charge in [0.15, 0.2) is 5.11 Å². The zero-order valence-corrected chi connectivity index (χ0v) is 14.5. The Balaban J connectivity index is 2.01. The molecule has 2 aromatic rings. The van der Waals surface area contributed by atoms with E-state index in [0.717, 1.165) is 24.3 Å². The van der Waals surface area contributed by atoms with E-state index in [1.165, 1.54) is 0 Å². The summed E-state index contributed by atoms with van der Waals surface area (Å²) < 4.78 is 36.8. The minimum atomic E-state index is -3.90. The van der Waals surface area contributed by atoms with Crippen molar-refractivity contribution in [1.82, 2.24) is 10.3 Å². The Morgan fingerprint density at radius 2 is 1.74 bits per heavy atom. The maximum atomic E-state index is 12.8. The zero-order chi connectivity index (χ0) is 17.0. The molecule has 0 aliphatic carbocycles. The van der Waals surface area contributed by atoms with Crippen LogP contribution in [0.3, 0.4) is 0 Å². The van der Waals surface area contributed by atoms with Crippen molar-refractivity contribution in [2.75, 3.05) is 5.32 Å². The van der Waals surface area contributed by atoms with Crippen LogP contribution in [-0.4, -0.2) is 13.5 Å². The molecule has 122 valence electrons. The van der Waals surface area contributed by atoms with Crippen molar-refractivity contribution in [2.24, 2.45) is 0 Å². The van der Waals surface area contributed by atoms with Crippen molar-refractivity contribution >= 4 is 56.2 Å². The first kappa shape index (κ1) is 17.9. The molecule has 0 radical (unpaired) electrons. The Bertz CT molecular complexity index is 830. The van der Waals surface area contributed by atoms with Gasteiger partial charge in [0.1, 0.15) is 5.82 Å². The molecule has 0 saturated carbocycles. The maximum Gasteiger partial charge on any atom is 0.257 e. The summed E-state index contributed by atoms with van der Waals surface area (Å²) in [5.74, 6) is -0.537. The van der Waals surface area contributed by atoms with Crippen molar-refractivity contribution in [2.45, 2.75) is 4.90 Å². The average Bonchev–Trinajstić information content (AvgIpc) is 2.50. The fraction of sp³-hybridized carbons (Fsp3) is 0. The number of rotatable bonds is 4. The van der Waals surface area contributed by atoms with Gasteiger partial charge in [0.05, 0.1) is 20.6 Å². The molecule has 0 aliphatic rings. The largest absolute Gasteiger partial charge is 0.330 e. The topological polar surface area (TPSA) is 70.2 Å². The van der Waals surface area contributed by atoms with E-state index in [9.17, 15) is 12.8 Å². The average molecular weight is 394 g/mol. The highest BCUT2D eigenvalue weighted by Gasteiger charge is 2.14. The Labute approximate surface area is 147 Å². The normalized spacial score (nSPS) is 11.1. The van der Waals surface area contributed by atoms with Gasteiger partial charge in [-0.05, 0) is 48.6 Å². The van der Waals surface area contributed by atoms with Crippen molar-refractivity contribution in [3.05, 3.63) is 58.3 Å². The Morgan fingerprint density at radius 3 is 2.39 bits per heavy atom. The fourth-order valence-electron chi connectivity index (χ4n) is 1.54. The van der Waals surface area contributed by atoms with Gasteiger partial charge in [0, 0.05) is 0 Å². The molecule has 2 rings (SSSR count). The van der Waals surface area contributed by atoms with E-state index in [1.807, 2.05) is 0 Å². The van der Waals surface area contributed by atoms with Gasteiger partial charge in [-0.2, -0.15) is 0 Å². The molecule has 0 unspecified atom stereocenters. The predicted molar refractivity (Wildman–Crippen MR) is 92.5 cm³/mol. The number of anilines is 1. The third-order valence-electron chi connectivity index (χ3n) is 2.62. The second-order valence-corrected chi connectivity index (χ2v) is 7.12. The van der Waals surface area contributed by atoms with E-state index in [0.29, 0.717) is 10.7 Å². The summed E-state index contributed by atoms with van der Waals surface area (Å²) in [5, 5.41) is 3.23. The second-order valence-electron chi connectivity index (χ2n) is 4.24. The van der Waals surface area contributed by atoms with Gasteiger partial charge in [-0.25, -0.2) is 12.8 Å². The number of halogens is 3. The minimum absolute atomic E-state index is 0.0418. The Hall–Kier alpha value is -1.45. The molecule has 23 heavy (non-hydrogen) atoms. The van der Waals surface area contributed by atoms with Crippen LogP contribution in [0.4, 0.5) is 10.1 Å². The first-order valence-corrected chi connectivity index (χ1v) is 8.73. The van der Waals surface area contributed by atoms with Gasteiger partial charge >= 0.3 is 0 Å². The molecule has 0 spiro atoms. The number of nitrogens with one attached hydrogen (secondary N) is 3. The molecule has 2 aromatic carbocycles. The summed E-state index contributed by atoms with van der Waals surface area (Å²) in [5.41, 5.74) is 2.73. The number of hydrazine groups is 1. The van der Waals surface area contributed by atoms with Crippen LogP contribution >= 0.6 is 35.4 Å². The second kappa shape index (κ2) is 7.41. The van der Waals surface area contributed by atoms with Gasteiger partial charge in [0.2, 0.25) is 0 Å². The molecule has 10 heteroatoms. The predicted octanol–water partition coefficient (Wildman–Crippen LogP) is 3.31. The summed E-state index contributed by atoms with van der Waals surface area (Å²) in [6.45, 7) is 0. The molecule has 0 bridgehead atoms. The van der Waals surface area contributed by atoms with Crippen LogP contribution in [0.15, 0.2) is 47.4 Å². The Morgan fingerprint density at radius 1 is 1.09 bits per heavy atom. The molecule has 3 N–H and O–H groups in total. The minimum Gasteiger partial charge on any atom is -0.330 e. The van der Waals surface area contributed by atoms with E-state index in [-0.39, 0.29) is 15.0 Å². The van der Waals surface area contributed by atoms with Crippen LogP contribution in [-0.2, 0) is 10.0 Å². The summed E-state index contributed by atoms with van der Waals surface area (Å²) in [4.78, 5) is 1.95. The van der Waals surface area contributed by atoms with Crippen LogP contribution < -0.4 is 15.6 Å². The summed E-state index contributed by atoms with van der Waals surface area (Å²) in [6, 6.07) is 9.21. The van der Waals surface area contributed by atoms with Crippen LogP contribution in [0, 0.1) is 5.82 Å². The first-order chi connectivity index (χ1) is 10.8. The smallest absolute Gasteiger partial charge is 0.257 e. The fourth-order valence-corrected chi connectivity index (χ4v) is 2.96. The lowest BCUT2D eigenvalue weighted by Crippen LogP contribution is -2.43. The molecule has 0 aliphatic heterocycles. The van der Waals surface area contributed by atoms with Crippen molar-refractivity contribution in [3.63, 3.8) is 0 Å². The number of sulfonamides is 1. The Kier molecular flexibility index (Phi) is 5.77. The molecule has 0 aromatic heterocycles. The summed E-state index contributed by atoms with van der Waals surface area (Å²) >= 11 is 16.8. The highest BCUT2D eigenvalue weighted by atomic mass is 35.5. The molecule has 0 amide bonds. The lowest BCUT2D eigenvalue weighted by atomic mass is 10.3. The van der Waals surface area contributed by atoms with Crippen LogP contribution in [0.1, 0.15) is 0 Å². The molecular formula is C13H10Cl2FN3O2S2. The number of thiocarbonyl (C=S) groups is 1. The summed E-state index contributed by atoms with van der Waals surface area (Å²) in [7, 11) is -3.90. The van der Waals surface area contributed by atoms with Crippen molar-refractivity contribution in [1.29, 1.82) is 0 Å². The molecule has 0 heterocycles. The molecule has 0 fully saturated rings. The van der Waals surface area contributed by atoms with E-state index < -0.39 is 15.8 Å². The van der Waals surface area contributed by atoms with Gasteiger partial charge < -0.3 is 5.32 Å². The third kappa shape index (κ3) is 4.76. The standard InChI is InChI=1S/C13H10Cl2FN3O2S2/c14-10-2-1-3-11(12(10)15)17-13(22)18-19-23(20,21)9-6-4-8(16)5-7-9/h1-7,19H,(H2,17,18,22). The van der Waals surface area contributed by atoms with E-state index in [2.05, 4.69) is 15.6 Å². The van der Waals surface area contributed by atoms with Gasteiger partial charge in [0.25, 0.3) is 10.0 Å². The van der Waals surface area contributed by atoms with Gasteiger partial charge in [-0.1, -0.05) is 29.3 Å². The van der Waals surface area contributed by atoms with E-state index in [1.54, 1.807) is 18.2 Å². The van der Waals surface area contributed by atoms with Gasteiger partial charge in [-0.15, -0.1) is 4.83 Å². The maximum absolute atomic E-state index is 12.8. The van der Waals surface area contributed by atoms with Crippen LogP contribution in [0.5, 0.6) is 0 Å². The highest BCUT2D eigenvalue weighted by Crippen LogP contribution is 2.29. The number of hydrogen-bond acceptors (Lipinski definition) is 3. The molecule has 0 saturated heterocycles. The lowest BCUT2D eigenvalue weighted by Gasteiger charge is -2.13. The van der Waals surface area contributed by atoms with Crippen molar-refractivity contribution in [3.8, 4) is 0 Å². The quantitative estimate of drug-likeness (QED) is 0.548. The van der Waals surface area contributed by atoms with Crippen LogP contribution in [0.25, 0.3) is 0 Å². The first-order valence-electron chi connectivity index (χ1n) is 6.08. The summed E-state index contributed by atoms with van der Waals surface area (Å²) in [6.07, 6.45) is 0. The highest BCUT2D eigenvalue weighted by molar-refractivity contribution is 7.89. The number of hydrogen-bond donors (Lipinski definition) is 3.